The maximum atomic E-state index is 5.69. The molecule has 1 aromatic rings. The summed E-state index contributed by atoms with van der Waals surface area (Å²) in [5, 5.41) is 3.37. The van der Waals surface area contributed by atoms with E-state index in [1.165, 1.54) is 0 Å². The molecule has 0 aliphatic carbocycles. The van der Waals surface area contributed by atoms with Crippen molar-refractivity contribution < 1.29 is 0 Å². The molecule has 0 radical (unpaired) electrons. The van der Waals surface area contributed by atoms with Gasteiger partial charge in [0.2, 0.25) is 0 Å². The van der Waals surface area contributed by atoms with Gasteiger partial charge in [0.15, 0.2) is 0 Å². The van der Waals surface area contributed by atoms with Gasteiger partial charge in [0, 0.05) is 22.3 Å². The molecule has 3 nitrogen and oxygen atoms in total. The van der Waals surface area contributed by atoms with Crippen molar-refractivity contribution in [2.24, 2.45) is 5.73 Å². The van der Waals surface area contributed by atoms with Crippen molar-refractivity contribution in [3.05, 3.63) is 28.2 Å². The van der Waals surface area contributed by atoms with Crippen LogP contribution in [0.15, 0.2) is 22.7 Å². The van der Waals surface area contributed by atoms with Crippen molar-refractivity contribution in [2.45, 2.75) is 6.42 Å². The largest absolute Gasteiger partial charge is 0.389 e. The Morgan fingerprint density at radius 2 is 2.18 bits per heavy atom. The number of benzene rings is 1. The molecule has 0 fully saturated rings. The Morgan fingerprint density at radius 3 is 2.76 bits per heavy atom. The molecule has 1 aromatic carbocycles. The molecule has 0 saturated carbocycles. The van der Waals surface area contributed by atoms with Crippen LogP contribution in [0.5, 0.6) is 0 Å². The van der Waals surface area contributed by atoms with E-state index in [1.54, 1.807) is 0 Å². The van der Waals surface area contributed by atoms with Crippen LogP contribution in [0.1, 0.15) is 12.0 Å². The normalized spacial score (nSPS) is 10.6. The molecule has 0 heterocycles. The van der Waals surface area contributed by atoms with Gasteiger partial charge in [0.1, 0.15) is 4.99 Å². The maximum Gasteiger partial charge on any atom is 0.106 e. The molecule has 0 aromatic heterocycles. The van der Waals surface area contributed by atoms with E-state index in [4.69, 9.17) is 18.0 Å². The van der Waals surface area contributed by atoms with E-state index in [9.17, 15) is 0 Å². The highest BCUT2D eigenvalue weighted by Crippen LogP contribution is 2.21. The van der Waals surface area contributed by atoms with Gasteiger partial charge in [0.25, 0.3) is 0 Å². The molecule has 1 rings (SSSR count). The fourth-order valence-corrected chi connectivity index (χ4v) is 2.04. The average molecular weight is 316 g/mol. The zero-order chi connectivity index (χ0) is 12.8. The number of hydrogen-bond donors (Lipinski definition) is 2. The SMILES string of the molecule is CN(C)CCCNc1cc(Br)ccc1C(N)=S. The van der Waals surface area contributed by atoms with Crippen LogP contribution in [-0.4, -0.2) is 37.1 Å². The fraction of sp³-hybridized carbons (Fsp3) is 0.417. The van der Waals surface area contributed by atoms with Crippen LogP contribution in [0.25, 0.3) is 0 Å². The van der Waals surface area contributed by atoms with Gasteiger partial charge in [-0.1, -0.05) is 28.1 Å². The minimum absolute atomic E-state index is 0.424. The van der Waals surface area contributed by atoms with Crippen LogP contribution in [0, 0.1) is 0 Å². The molecule has 94 valence electrons. The van der Waals surface area contributed by atoms with Crippen LogP contribution in [0.4, 0.5) is 5.69 Å². The zero-order valence-corrected chi connectivity index (χ0v) is 12.6. The molecular weight excluding hydrogens is 298 g/mol. The topological polar surface area (TPSA) is 41.3 Å². The third-order valence-electron chi connectivity index (χ3n) is 2.34. The number of anilines is 1. The summed E-state index contributed by atoms with van der Waals surface area (Å²) in [5.74, 6) is 0. The third-order valence-corrected chi connectivity index (χ3v) is 3.06. The van der Waals surface area contributed by atoms with Gasteiger partial charge in [-0.25, -0.2) is 0 Å². The molecular formula is C12H18BrN3S. The summed E-state index contributed by atoms with van der Waals surface area (Å²) in [5.41, 5.74) is 7.57. The molecule has 0 atom stereocenters. The van der Waals surface area contributed by atoms with E-state index in [-0.39, 0.29) is 0 Å². The summed E-state index contributed by atoms with van der Waals surface area (Å²) in [6.07, 6.45) is 1.08. The van der Waals surface area contributed by atoms with E-state index < -0.39 is 0 Å². The Balaban J connectivity index is 2.62. The summed E-state index contributed by atoms with van der Waals surface area (Å²) in [7, 11) is 4.14. The third kappa shape index (κ3) is 5.02. The second-order valence-corrected chi connectivity index (χ2v) is 5.49. The average Bonchev–Trinajstić information content (AvgIpc) is 2.23. The first-order valence-corrected chi connectivity index (χ1v) is 6.69. The van der Waals surface area contributed by atoms with Crippen molar-refractivity contribution in [3.63, 3.8) is 0 Å². The van der Waals surface area contributed by atoms with Crippen LogP contribution in [0.3, 0.4) is 0 Å². The minimum atomic E-state index is 0.424. The van der Waals surface area contributed by atoms with Gasteiger partial charge >= 0.3 is 0 Å². The van der Waals surface area contributed by atoms with Crippen LogP contribution in [-0.2, 0) is 0 Å². The number of nitrogens with one attached hydrogen (secondary N) is 1. The highest BCUT2D eigenvalue weighted by Gasteiger charge is 2.05. The first-order chi connectivity index (χ1) is 8.00. The Hall–Kier alpha value is -0.650. The number of nitrogens with two attached hydrogens (primary N) is 1. The van der Waals surface area contributed by atoms with Crippen molar-refractivity contribution in [1.29, 1.82) is 0 Å². The monoisotopic (exact) mass is 315 g/mol. The van der Waals surface area contributed by atoms with E-state index in [0.29, 0.717) is 4.99 Å². The van der Waals surface area contributed by atoms with Crippen LogP contribution < -0.4 is 11.1 Å². The van der Waals surface area contributed by atoms with Gasteiger partial charge in [-0.05, 0) is 45.3 Å². The number of hydrogen-bond acceptors (Lipinski definition) is 3. The summed E-state index contributed by atoms with van der Waals surface area (Å²) < 4.78 is 1.02. The molecule has 0 unspecified atom stereocenters. The number of thiocarbonyl (C=S) groups is 1. The quantitative estimate of drug-likeness (QED) is 0.625. The van der Waals surface area contributed by atoms with Crippen LogP contribution in [0.2, 0.25) is 0 Å². The Labute approximate surface area is 116 Å². The molecule has 3 N–H and O–H groups in total. The summed E-state index contributed by atoms with van der Waals surface area (Å²) in [4.78, 5) is 2.59. The lowest BCUT2D eigenvalue weighted by molar-refractivity contribution is 0.405. The predicted octanol–water partition coefficient (Wildman–Crippen LogP) is 2.45. The number of halogens is 1. The Kier molecular flexibility index (Phi) is 5.88. The lowest BCUT2D eigenvalue weighted by Crippen LogP contribution is -2.18. The number of rotatable bonds is 6. The molecule has 0 spiro atoms. The maximum absolute atomic E-state index is 5.69. The number of nitrogens with zero attached hydrogens (tertiary/aromatic N) is 1. The second-order valence-electron chi connectivity index (χ2n) is 4.14. The highest BCUT2D eigenvalue weighted by atomic mass is 79.9. The molecule has 0 bridgehead atoms. The molecule has 0 aliphatic rings. The van der Waals surface area contributed by atoms with Gasteiger partial charge in [-0.3, -0.25) is 0 Å². The van der Waals surface area contributed by atoms with E-state index in [2.05, 4.69) is 40.2 Å². The first-order valence-electron chi connectivity index (χ1n) is 5.48. The van der Waals surface area contributed by atoms with E-state index in [1.807, 2.05) is 18.2 Å². The van der Waals surface area contributed by atoms with Crippen molar-refractivity contribution in [3.8, 4) is 0 Å². The van der Waals surface area contributed by atoms with E-state index in [0.717, 1.165) is 35.2 Å². The minimum Gasteiger partial charge on any atom is -0.389 e. The zero-order valence-electron chi connectivity index (χ0n) is 10.2. The van der Waals surface area contributed by atoms with Gasteiger partial charge in [0.05, 0.1) is 0 Å². The van der Waals surface area contributed by atoms with Crippen molar-refractivity contribution >= 4 is 38.8 Å². The summed E-state index contributed by atoms with van der Waals surface area (Å²) >= 11 is 8.47. The van der Waals surface area contributed by atoms with E-state index >= 15 is 0 Å². The second kappa shape index (κ2) is 6.93. The Morgan fingerprint density at radius 1 is 1.47 bits per heavy atom. The van der Waals surface area contributed by atoms with Gasteiger partial charge in [-0.15, -0.1) is 0 Å². The molecule has 0 saturated heterocycles. The predicted molar refractivity (Wildman–Crippen MR) is 81.7 cm³/mol. The molecule has 5 heteroatoms. The highest BCUT2D eigenvalue weighted by molar-refractivity contribution is 9.10. The van der Waals surface area contributed by atoms with Crippen molar-refractivity contribution in [1.82, 2.24) is 4.90 Å². The van der Waals surface area contributed by atoms with Crippen LogP contribution >= 0.6 is 28.1 Å². The standard InChI is InChI=1S/C12H18BrN3S/c1-16(2)7-3-6-15-11-8-9(13)4-5-10(11)12(14)17/h4-5,8,15H,3,6-7H2,1-2H3,(H2,14,17). The molecule has 0 aliphatic heterocycles. The first kappa shape index (κ1) is 14.4. The lowest BCUT2D eigenvalue weighted by Gasteiger charge is -2.13. The fourth-order valence-electron chi connectivity index (χ4n) is 1.50. The Bertz CT molecular complexity index is 393. The van der Waals surface area contributed by atoms with Crippen molar-refractivity contribution in [2.75, 3.05) is 32.5 Å². The summed E-state index contributed by atoms with van der Waals surface area (Å²) in [6, 6.07) is 5.88. The molecule has 17 heavy (non-hydrogen) atoms. The molecule has 0 amide bonds. The summed E-state index contributed by atoms with van der Waals surface area (Å²) in [6.45, 7) is 1.97. The van der Waals surface area contributed by atoms with Gasteiger partial charge < -0.3 is 16.0 Å². The lowest BCUT2D eigenvalue weighted by atomic mass is 10.1. The smallest absolute Gasteiger partial charge is 0.106 e. The van der Waals surface area contributed by atoms with Gasteiger partial charge in [-0.2, -0.15) is 0 Å².